The van der Waals surface area contributed by atoms with Gasteiger partial charge in [-0.3, -0.25) is 4.90 Å². The highest BCUT2D eigenvalue weighted by Gasteiger charge is 2.36. The first-order valence-corrected chi connectivity index (χ1v) is 13.4. The first kappa shape index (κ1) is 28.5. The summed E-state index contributed by atoms with van der Waals surface area (Å²) in [5.41, 5.74) is -1.04. The first-order chi connectivity index (χ1) is 16.7. The summed E-state index contributed by atoms with van der Waals surface area (Å²) < 4.78 is 97.8. The molecule has 3 rings (SSSR count). The van der Waals surface area contributed by atoms with Crippen LogP contribution < -0.4 is 0 Å². The Kier molecular flexibility index (Phi) is 8.80. The largest absolute Gasteiger partial charge is 0.419 e. The Hall–Kier alpha value is -2.08. The molecule has 36 heavy (non-hydrogen) atoms. The average Bonchev–Trinajstić information content (AvgIpc) is 2.71. The molecule has 2 aromatic rings. The summed E-state index contributed by atoms with van der Waals surface area (Å²) >= 11 is 0. The summed E-state index contributed by atoms with van der Waals surface area (Å²) in [5, 5.41) is 0. The van der Waals surface area contributed by atoms with E-state index in [9.17, 15) is 30.4 Å². The van der Waals surface area contributed by atoms with E-state index in [1.54, 1.807) is 12.1 Å². The second-order valence-electron chi connectivity index (χ2n) is 9.80. The van der Waals surface area contributed by atoms with Gasteiger partial charge >= 0.3 is 6.18 Å². The van der Waals surface area contributed by atoms with Crippen LogP contribution in [0.5, 0.6) is 0 Å². The van der Waals surface area contributed by atoms with Crippen LogP contribution in [0.2, 0.25) is 0 Å². The van der Waals surface area contributed by atoms with Gasteiger partial charge in [0, 0.05) is 50.3 Å². The molecular formula is C25H31F5N2O3S. The third kappa shape index (κ3) is 7.47. The van der Waals surface area contributed by atoms with E-state index in [1.165, 1.54) is 28.6 Å². The minimum atomic E-state index is -4.80. The van der Waals surface area contributed by atoms with Gasteiger partial charge in [-0.2, -0.15) is 17.5 Å². The van der Waals surface area contributed by atoms with Gasteiger partial charge in [0.2, 0.25) is 10.0 Å². The zero-order valence-electron chi connectivity index (χ0n) is 20.5. The number of hydrogen-bond donors (Lipinski definition) is 0. The zero-order valence-corrected chi connectivity index (χ0v) is 21.3. The molecule has 1 fully saturated rings. The molecule has 2 aromatic carbocycles. The van der Waals surface area contributed by atoms with Gasteiger partial charge in [-0.05, 0) is 30.2 Å². The lowest BCUT2D eigenvalue weighted by Gasteiger charge is -2.37. The fourth-order valence-electron chi connectivity index (χ4n) is 4.24. The quantitative estimate of drug-likeness (QED) is 0.307. The van der Waals surface area contributed by atoms with Crippen molar-refractivity contribution < 1.29 is 35.1 Å². The maximum Gasteiger partial charge on any atom is 0.419 e. The molecule has 0 saturated carbocycles. The Balaban J connectivity index is 1.69. The number of sulfonamides is 1. The maximum absolute atomic E-state index is 14.7. The first-order valence-electron chi connectivity index (χ1n) is 11.6. The van der Waals surface area contributed by atoms with Crippen LogP contribution in [-0.2, 0) is 32.9 Å². The second kappa shape index (κ2) is 11.1. The lowest BCUT2D eigenvalue weighted by atomic mass is 9.84. The Labute approximate surface area is 208 Å². The van der Waals surface area contributed by atoms with Crippen molar-refractivity contribution in [2.75, 3.05) is 39.0 Å². The van der Waals surface area contributed by atoms with E-state index >= 15 is 0 Å². The molecule has 0 aromatic heterocycles. The summed E-state index contributed by atoms with van der Waals surface area (Å²) in [6, 6.07) is 9.26. The minimum Gasteiger partial charge on any atom is -0.375 e. The van der Waals surface area contributed by atoms with Crippen molar-refractivity contribution in [3.63, 3.8) is 0 Å². The molecule has 1 aliphatic rings. The molecular weight excluding hydrogens is 503 g/mol. The summed E-state index contributed by atoms with van der Waals surface area (Å²) in [6.07, 6.45) is -3.36. The number of ether oxygens (including phenoxy) is 1. The van der Waals surface area contributed by atoms with Crippen LogP contribution in [0.25, 0.3) is 0 Å². The van der Waals surface area contributed by atoms with Crippen molar-refractivity contribution in [3.8, 4) is 0 Å². The third-order valence-electron chi connectivity index (χ3n) is 6.28. The molecule has 0 amide bonds. The molecule has 1 aliphatic heterocycles. The molecule has 5 nitrogen and oxygen atoms in total. The molecule has 0 atom stereocenters. The number of nitrogens with zero attached hydrogens (tertiary/aromatic N) is 2. The number of hydrogen-bond acceptors (Lipinski definition) is 4. The summed E-state index contributed by atoms with van der Waals surface area (Å²) in [6.45, 7) is 5.49. The Bertz CT molecular complexity index is 1130. The normalized spacial score (nSPS) is 15.9. The van der Waals surface area contributed by atoms with Gasteiger partial charge in [-0.25, -0.2) is 17.2 Å². The van der Waals surface area contributed by atoms with Gasteiger partial charge in [0.15, 0.2) is 0 Å². The van der Waals surface area contributed by atoms with Gasteiger partial charge in [-0.15, -0.1) is 0 Å². The topological polar surface area (TPSA) is 49.9 Å². The Morgan fingerprint density at radius 3 is 2.28 bits per heavy atom. The van der Waals surface area contributed by atoms with Crippen molar-refractivity contribution >= 4 is 10.0 Å². The van der Waals surface area contributed by atoms with Crippen LogP contribution >= 0.6 is 0 Å². The SMILES string of the molecule is CC(C)(CN(CCCOC1CN(S(C)(=O)=O)C1)Cc1cccc(C(F)(F)F)c1F)c1ccc(F)cc1. The third-order valence-corrected chi connectivity index (χ3v) is 7.51. The average molecular weight is 535 g/mol. The molecule has 0 aliphatic carbocycles. The van der Waals surface area contributed by atoms with E-state index < -0.39 is 33.0 Å². The van der Waals surface area contributed by atoms with Crippen molar-refractivity contribution in [3.05, 3.63) is 70.8 Å². The van der Waals surface area contributed by atoms with E-state index in [-0.39, 0.29) is 37.1 Å². The Morgan fingerprint density at radius 1 is 1.06 bits per heavy atom. The predicted molar refractivity (Wildman–Crippen MR) is 127 cm³/mol. The monoisotopic (exact) mass is 534 g/mol. The second-order valence-corrected chi connectivity index (χ2v) is 11.8. The molecule has 0 bridgehead atoms. The lowest BCUT2D eigenvalue weighted by Crippen LogP contribution is -2.54. The molecule has 1 heterocycles. The predicted octanol–water partition coefficient (Wildman–Crippen LogP) is 4.81. The van der Waals surface area contributed by atoms with Crippen molar-refractivity contribution in [1.82, 2.24) is 9.21 Å². The highest BCUT2D eigenvalue weighted by atomic mass is 32.2. The van der Waals surface area contributed by atoms with Gasteiger partial charge in [-0.1, -0.05) is 38.1 Å². The van der Waals surface area contributed by atoms with Gasteiger partial charge in [0.1, 0.15) is 11.6 Å². The molecule has 0 N–H and O–H groups in total. The number of benzene rings is 2. The van der Waals surface area contributed by atoms with E-state index in [0.717, 1.165) is 17.9 Å². The van der Waals surface area contributed by atoms with Crippen LogP contribution in [0.3, 0.4) is 0 Å². The highest BCUT2D eigenvalue weighted by Crippen LogP contribution is 2.33. The number of alkyl halides is 3. The maximum atomic E-state index is 14.7. The molecule has 1 saturated heterocycles. The van der Waals surface area contributed by atoms with Crippen LogP contribution in [0.15, 0.2) is 42.5 Å². The summed E-state index contributed by atoms with van der Waals surface area (Å²) in [4.78, 5) is 1.86. The summed E-state index contributed by atoms with van der Waals surface area (Å²) in [7, 11) is -3.24. The molecule has 0 unspecified atom stereocenters. The van der Waals surface area contributed by atoms with Gasteiger partial charge in [0.05, 0.1) is 17.9 Å². The van der Waals surface area contributed by atoms with Crippen LogP contribution in [0.1, 0.15) is 37.0 Å². The van der Waals surface area contributed by atoms with Gasteiger partial charge < -0.3 is 4.74 Å². The summed E-state index contributed by atoms with van der Waals surface area (Å²) in [5.74, 6) is -1.67. The van der Waals surface area contributed by atoms with E-state index in [2.05, 4.69) is 0 Å². The standard InChI is InChI=1S/C25H31F5N2O3S/c1-24(2,19-8-10-20(26)11-9-19)17-31(12-5-13-35-21-15-32(16-21)36(3,33)34)14-18-6-4-7-22(23(18)27)25(28,29)30/h4,6-11,21H,5,12-17H2,1-3H3. The van der Waals surface area contributed by atoms with E-state index in [0.29, 0.717) is 26.1 Å². The van der Waals surface area contributed by atoms with Crippen molar-refractivity contribution in [1.29, 1.82) is 0 Å². The minimum absolute atomic E-state index is 0.0499. The molecule has 11 heteroatoms. The van der Waals surface area contributed by atoms with Crippen molar-refractivity contribution in [2.24, 2.45) is 0 Å². The highest BCUT2D eigenvalue weighted by molar-refractivity contribution is 7.88. The van der Waals surface area contributed by atoms with E-state index in [4.69, 9.17) is 4.74 Å². The molecule has 200 valence electrons. The van der Waals surface area contributed by atoms with E-state index in [1.807, 2.05) is 18.7 Å². The van der Waals surface area contributed by atoms with Crippen LogP contribution in [0.4, 0.5) is 22.0 Å². The van der Waals surface area contributed by atoms with Crippen LogP contribution in [-0.4, -0.2) is 62.8 Å². The molecule has 0 radical (unpaired) electrons. The zero-order chi connectivity index (χ0) is 26.7. The lowest BCUT2D eigenvalue weighted by molar-refractivity contribution is -0.140. The molecule has 0 spiro atoms. The van der Waals surface area contributed by atoms with Crippen molar-refractivity contribution in [2.45, 2.75) is 44.5 Å². The Morgan fingerprint density at radius 2 is 1.69 bits per heavy atom. The fourth-order valence-corrected chi connectivity index (χ4v) is 5.12. The van der Waals surface area contributed by atoms with Crippen LogP contribution in [0, 0.1) is 11.6 Å². The number of halogens is 5. The smallest absolute Gasteiger partial charge is 0.375 e. The fraction of sp³-hybridized carbons (Fsp3) is 0.520. The number of rotatable bonds is 11. The van der Waals surface area contributed by atoms with Gasteiger partial charge in [0.25, 0.3) is 0 Å².